The van der Waals surface area contributed by atoms with Crippen molar-refractivity contribution in [2.24, 2.45) is 0 Å². The van der Waals surface area contributed by atoms with E-state index in [9.17, 15) is 4.79 Å². The molecule has 72 valence electrons. The standard InChI is InChI=1S/C9H5ClINO2/c1-14-8-6(11)3-2-5(4-12)7(8)9(10)13/h2-3H,1H3. The molecule has 1 aromatic carbocycles. The van der Waals surface area contributed by atoms with Crippen molar-refractivity contribution in [1.29, 1.82) is 5.26 Å². The molecule has 0 aliphatic rings. The summed E-state index contributed by atoms with van der Waals surface area (Å²) in [6, 6.07) is 5.13. The van der Waals surface area contributed by atoms with E-state index in [4.69, 9.17) is 21.6 Å². The Kier molecular flexibility index (Phi) is 3.72. The highest BCUT2D eigenvalue weighted by atomic mass is 127. The Morgan fingerprint density at radius 2 is 2.29 bits per heavy atom. The molecule has 1 aromatic rings. The zero-order valence-corrected chi connectivity index (χ0v) is 10.1. The van der Waals surface area contributed by atoms with Crippen LogP contribution in [0.1, 0.15) is 15.9 Å². The number of hydrogen-bond donors (Lipinski definition) is 0. The zero-order valence-electron chi connectivity index (χ0n) is 7.17. The fourth-order valence-electron chi connectivity index (χ4n) is 1.05. The summed E-state index contributed by atoms with van der Waals surface area (Å²) >= 11 is 7.38. The lowest BCUT2D eigenvalue weighted by molar-refractivity contribution is 0.107. The predicted octanol–water partition coefficient (Wildman–Crippen LogP) is 2.55. The Morgan fingerprint density at radius 3 is 2.71 bits per heavy atom. The summed E-state index contributed by atoms with van der Waals surface area (Å²) in [5.41, 5.74) is 0.353. The smallest absolute Gasteiger partial charge is 0.257 e. The van der Waals surface area contributed by atoms with Crippen molar-refractivity contribution in [3.05, 3.63) is 26.8 Å². The third kappa shape index (κ3) is 1.99. The largest absolute Gasteiger partial charge is 0.495 e. The van der Waals surface area contributed by atoms with E-state index in [0.717, 1.165) is 3.57 Å². The molecule has 0 aliphatic heterocycles. The van der Waals surface area contributed by atoms with Crippen LogP contribution in [0.15, 0.2) is 12.1 Å². The van der Waals surface area contributed by atoms with Crippen LogP contribution < -0.4 is 4.74 Å². The first-order valence-corrected chi connectivity index (χ1v) is 5.04. The number of hydrogen-bond acceptors (Lipinski definition) is 3. The minimum absolute atomic E-state index is 0.128. The lowest BCUT2D eigenvalue weighted by atomic mass is 10.1. The molecule has 0 aromatic heterocycles. The van der Waals surface area contributed by atoms with E-state index < -0.39 is 5.24 Å². The van der Waals surface area contributed by atoms with Crippen LogP contribution in [0.2, 0.25) is 0 Å². The summed E-state index contributed by atoms with van der Waals surface area (Å²) in [5, 5.41) is 8.08. The zero-order chi connectivity index (χ0) is 10.7. The van der Waals surface area contributed by atoms with Gasteiger partial charge in [-0.05, 0) is 46.3 Å². The van der Waals surface area contributed by atoms with Crippen LogP contribution in [-0.2, 0) is 0 Å². The van der Waals surface area contributed by atoms with Gasteiger partial charge in [0.2, 0.25) is 0 Å². The molecule has 0 aliphatic carbocycles. The second kappa shape index (κ2) is 4.62. The maximum atomic E-state index is 11.1. The highest BCUT2D eigenvalue weighted by molar-refractivity contribution is 14.1. The average Bonchev–Trinajstić information content (AvgIpc) is 2.17. The molecule has 0 unspecified atom stereocenters. The molecular formula is C9H5ClINO2. The van der Waals surface area contributed by atoms with Gasteiger partial charge in [0.05, 0.1) is 21.8 Å². The highest BCUT2D eigenvalue weighted by Gasteiger charge is 2.17. The fraction of sp³-hybridized carbons (Fsp3) is 0.111. The Balaban J connectivity index is 3.54. The van der Waals surface area contributed by atoms with Crippen LogP contribution in [0.4, 0.5) is 0 Å². The number of rotatable bonds is 2. The molecule has 5 heteroatoms. The van der Waals surface area contributed by atoms with Crippen LogP contribution in [0, 0.1) is 14.9 Å². The molecular weight excluding hydrogens is 316 g/mol. The SMILES string of the molecule is COc1c(I)ccc(C#N)c1C(=O)Cl. The van der Waals surface area contributed by atoms with E-state index in [2.05, 4.69) is 0 Å². The Labute approximate surface area is 99.8 Å². The first kappa shape index (κ1) is 11.3. The van der Waals surface area contributed by atoms with Crippen molar-refractivity contribution in [3.8, 4) is 11.8 Å². The molecule has 0 N–H and O–H groups in total. The molecule has 0 saturated carbocycles. The normalized spacial score (nSPS) is 9.29. The van der Waals surface area contributed by atoms with Crippen molar-refractivity contribution in [1.82, 2.24) is 0 Å². The van der Waals surface area contributed by atoms with Crippen LogP contribution in [0.3, 0.4) is 0 Å². The molecule has 0 fully saturated rings. The lowest BCUT2D eigenvalue weighted by Gasteiger charge is -2.08. The van der Waals surface area contributed by atoms with E-state index >= 15 is 0 Å². The van der Waals surface area contributed by atoms with E-state index in [1.54, 1.807) is 12.1 Å². The Bertz CT molecular complexity index is 426. The number of carbonyl (C=O) groups is 1. The monoisotopic (exact) mass is 321 g/mol. The van der Waals surface area contributed by atoms with E-state index in [0.29, 0.717) is 5.75 Å². The summed E-state index contributed by atoms with van der Waals surface area (Å²) < 4.78 is 5.76. The van der Waals surface area contributed by atoms with Gasteiger partial charge in [0.1, 0.15) is 11.8 Å². The van der Waals surface area contributed by atoms with Gasteiger partial charge in [0, 0.05) is 0 Å². The molecule has 1 rings (SSSR count). The van der Waals surface area contributed by atoms with Gasteiger partial charge in [-0.3, -0.25) is 4.79 Å². The number of ether oxygens (including phenoxy) is 1. The minimum Gasteiger partial charge on any atom is -0.495 e. The third-order valence-electron chi connectivity index (χ3n) is 1.63. The number of nitriles is 1. The quantitative estimate of drug-likeness (QED) is 0.621. The molecule has 0 saturated heterocycles. The van der Waals surface area contributed by atoms with Gasteiger partial charge in [-0.15, -0.1) is 0 Å². The maximum absolute atomic E-state index is 11.1. The molecule has 0 bridgehead atoms. The average molecular weight is 322 g/mol. The summed E-state index contributed by atoms with van der Waals surface area (Å²) in [4.78, 5) is 11.1. The van der Waals surface area contributed by atoms with Gasteiger partial charge in [-0.1, -0.05) is 0 Å². The molecule has 3 nitrogen and oxygen atoms in total. The van der Waals surface area contributed by atoms with Gasteiger partial charge in [-0.2, -0.15) is 5.26 Å². The summed E-state index contributed by atoms with van der Waals surface area (Å²) in [6.07, 6.45) is 0. The van der Waals surface area contributed by atoms with Gasteiger partial charge < -0.3 is 4.74 Å². The maximum Gasteiger partial charge on any atom is 0.257 e. The number of halogens is 2. The van der Waals surface area contributed by atoms with Crippen LogP contribution in [-0.4, -0.2) is 12.4 Å². The molecule has 0 heterocycles. The first-order chi connectivity index (χ1) is 6.61. The summed E-state index contributed by atoms with van der Waals surface area (Å²) in [5.74, 6) is 0.352. The topological polar surface area (TPSA) is 50.1 Å². The minimum atomic E-state index is -0.683. The number of methoxy groups -OCH3 is 1. The highest BCUT2D eigenvalue weighted by Crippen LogP contribution is 2.29. The van der Waals surface area contributed by atoms with Gasteiger partial charge >= 0.3 is 0 Å². The molecule has 0 radical (unpaired) electrons. The fourth-order valence-corrected chi connectivity index (χ4v) is 1.90. The first-order valence-electron chi connectivity index (χ1n) is 3.58. The van der Waals surface area contributed by atoms with Crippen molar-refractivity contribution in [2.45, 2.75) is 0 Å². The number of carbonyl (C=O) groups excluding carboxylic acids is 1. The molecule has 0 spiro atoms. The second-order valence-electron chi connectivity index (χ2n) is 2.39. The van der Waals surface area contributed by atoms with E-state index in [-0.39, 0.29) is 11.1 Å². The van der Waals surface area contributed by atoms with Crippen molar-refractivity contribution >= 4 is 39.4 Å². The molecule has 14 heavy (non-hydrogen) atoms. The predicted molar refractivity (Wildman–Crippen MR) is 60.6 cm³/mol. The molecule has 0 amide bonds. The Hall–Kier alpha value is -0.800. The van der Waals surface area contributed by atoms with Crippen LogP contribution in [0.5, 0.6) is 5.75 Å². The molecule has 0 atom stereocenters. The van der Waals surface area contributed by atoms with Crippen molar-refractivity contribution < 1.29 is 9.53 Å². The van der Waals surface area contributed by atoms with Crippen molar-refractivity contribution in [2.75, 3.05) is 7.11 Å². The Morgan fingerprint density at radius 1 is 1.64 bits per heavy atom. The van der Waals surface area contributed by atoms with Gasteiger partial charge in [0.15, 0.2) is 0 Å². The number of benzene rings is 1. The van der Waals surface area contributed by atoms with Crippen LogP contribution in [0.25, 0.3) is 0 Å². The summed E-state index contributed by atoms with van der Waals surface area (Å²) in [7, 11) is 1.43. The van der Waals surface area contributed by atoms with Crippen LogP contribution >= 0.6 is 34.2 Å². The van der Waals surface area contributed by atoms with Crippen molar-refractivity contribution in [3.63, 3.8) is 0 Å². The lowest BCUT2D eigenvalue weighted by Crippen LogP contribution is -2.01. The second-order valence-corrected chi connectivity index (χ2v) is 3.89. The third-order valence-corrected chi connectivity index (χ3v) is 2.67. The van der Waals surface area contributed by atoms with Gasteiger partial charge in [0.25, 0.3) is 5.24 Å². The number of nitrogens with zero attached hydrogens (tertiary/aromatic N) is 1. The van der Waals surface area contributed by atoms with E-state index in [1.807, 2.05) is 28.7 Å². The van der Waals surface area contributed by atoms with E-state index in [1.165, 1.54) is 7.11 Å². The van der Waals surface area contributed by atoms with Gasteiger partial charge in [-0.25, -0.2) is 0 Å². The summed E-state index contributed by atoms with van der Waals surface area (Å²) in [6.45, 7) is 0.